The van der Waals surface area contributed by atoms with Crippen LogP contribution in [-0.2, 0) is 23.0 Å². The number of sulfonamides is 1. The van der Waals surface area contributed by atoms with Crippen molar-refractivity contribution in [1.82, 2.24) is 4.72 Å². The third-order valence-electron chi connectivity index (χ3n) is 5.58. The van der Waals surface area contributed by atoms with Gasteiger partial charge in [0.05, 0.1) is 4.90 Å². The summed E-state index contributed by atoms with van der Waals surface area (Å²) in [4.78, 5) is 15.1. The zero-order valence-corrected chi connectivity index (χ0v) is 18.9. The molecule has 0 saturated heterocycles. The van der Waals surface area contributed by atoms with Gasteiger partial charge in [-0.05, 0) is 67.3 Å². The minimum atomic E-state index is -3.72. The molecule has 3 aromatic rings. The van der Waals surface area contributed by atoms with Crippen LogP contribution in [0.2, 0.25) is 5.02 Å². The maximum atomic E-state index is 13.1. The Hall–Kier alpha value is -2.67. The van der Waals surface area contributed by atoms with Crippen molar-refractivity contribution in [3.05, 3.63) is 94.0 Å². The first kappa shape index (κ1) is 21.6. The zero-order valence-electron chi connectivity index (χ0n) is 17.3. The molecule has 0 radical (unpaired) electrons. The van der Waals surface area contributed by atoms with Crippen molar-refractivity contribution in [3.8, 4) is 0 Å². The molecule has 1 aliphatic heterocycles. The van der Waals surface area contributed by atoms with Crippen LogP contribution in [0, 0.1) is 6.92 Å². The van der Waals surface area contributed by atoms with E-state index in [1.165, 1.54) is 6.07 Å². The number of halogens is 1. The molecule has 0 spiro atoms. The van der Waals surface area contributed by atoms with E-state index in [9.17, 15) is 13.2 Å². The molecule has 5 nitrogen and oxygen atoms in total. The van der Waals surface area contributed by atoms with Crippen molar-refractivity contribution in [2.45, 2.75) is 37.8 Å². The van der Waals surface area contributed by atoms with Gasteiger partial charge in [0.25, 0.3) is 5.91 Å². The van der Waals surface area contributed by atoms with Crippen LogP contribution in [0.1, 0.15) is 34.0 Å². The van der Waals surface area contributed by atoms with E-state index < -0.39 is 10.0 Å². The molecule has 1 amide bonds. The number of fused-ring (bicyclic) bond motifs is 1. The number of amides is 1. The first-order valence-electron chi connectivity index (χ1n) is 10.0. The predicted molar refractivity (Wildman–Crippen MR) is 123 cm³/mol. The molecule has 160 valence electrons. The molecular formula is C24H23ClN2O3S. The third-order valence-corrected chi connectivity index (χ3v) is 7.53. The molecule has 0 bridgehead atoms. The molecule has 1 atom stereocenters. The summed E-state index contributed by atoms with van der Waals surface area (Å²) < 4.78 is 28.2. The van der Waals surface area contributed by atoms with Crippen LogP contribution in [0.4, 0.5) is 5.69 Å². The number of rotatable bonds is 5. The van der Waals surface area contributed by atoms with Gasteiger partial charge < -0.3 is 4.90 Å². The second-order valence-electron chi connectivity index (χ2n) is 7.74. The topological polar surface area (TPSA) is 66.5 Å². The summed E-state index contributed by atoms with van der Waals surface area (Å²) in [6.45, 7) is 3.81. The lowest BCUT2D eigenvalue weighted by Crippen LogP contribution is -2.35. The van der Waals surface area contributed by atoms with Gasteiger partial charge in [0.2, 0.25) is 10.0 Å². The van der Waals surface area contributed by atoms with Crippen LogP contribution in [-0.4, -0.2) is 20.4 Å². The second kappa shape index (κ2) is 8.46. The summed E-state index contributed by atoms with van der Waals surface area (Å²) in [6.07, 6.45) is 0.765. The van der Waals surface area contributed by atoms with Crippen LogP contribution in [0.25, 0.3) is 0 Å². The number of benzene rings is 3. The molecule has 4 rings (SSSR count). The van der Waals surface area contributed by atoms with Crippen LogP contribution in [0.3, 0.4) is 0 Å². The van der Waals surface area contributed by atoms with Crippen molar-refractivity contribution in [2.24, 2.45) is 0 Å². The Bertz CT molecular complexity index is 1240. The standard InChI is InChI=1S/C24H23ClN2O3S/c1-16-13-20-12-11-18(14-22(20)27(16)24(28)19-7-4-3-5-8-19)15-26-31(29,30)23-10-6-9-21(25)17(23)2/h3-12,14,16,26H,13,15H2,1-2H3. The summed E-state index contributed by atoms with van der Waals surface area (Å²) in [5, 5.41) is 0.407. The van der Waals surface area contributed by atoms with Crippen LogP contribution < -0.4 is 9.62 Å². The van der Waals surface area contributed by atoms with E-state index in [1.54, 1.807) is 36.1 Å². The van der Waals surface area contributed by atoms with Gasteiger partial charge in [-0.2, -0.15) is 0 Å². The highest BCUT2D eigenvalue weighted by Crippen LogP contribution is 2.34. The van der Waals surface area contributed by atoms with Crippen LogP contribution in [0.5, 0.6) is 0 Å². The molecular weight excluding hydrogens is 432 g/mol. The highest BCUT2D eigenvalue weighted by atomic mass is 35.5. The quantitative estimate of drug-likeness (QED) is 0.606. The Morgan fingerprint density at radius 3 is 2.58 bits per heavy atom. The van der Waals surface area contributed by atoms with Gasteiger partial charge in [0.15, 0.2) is 0 Å². The van der Waals surface area contributed by atoms with Crippen LogP contribution in [0.15, 0.2) is 71.6 Å². The smallest absolute Gasteiger partial charge is 0.258 e. The molecule has 3 aromatic carbocycles. The average molecular weight is 455 g/mol. The second-order valence-corrected chi connectivity index (χ2v) is 9.89. The van der Waals surface area contributed by atoms with Gasteiger partial charge in [0.1, 0.15) is 0 Å². The van der Waals surface area contributed by atoms with Crippen molar-refractivity contribution in [3.63, 3.8) is 0 Å². The molecule has 0 saturated carbocycles. The SMILES string of the molecule is Cc1c(Cl)cccc1S(=O)(=O)NCc1ccc2c(c1)N(C(=O)c1ccccc1)C(C)C2. The van der Waals surface area contributed by atoms with Crippen LogP contribution >= 0.6 is 11.6 Å². The van der Waals surface area contributed by atoms with E-state index in [0.29, 0.717) is 16.1 Å². The molecule has 0 aromatic heterocycles. The fourth-order valence-corrected chi connectivity index (χ4v) is 5.44. The fraction of sp³-hybridized carbons (Fsp3) is 0.208. The van der Waals surface area contributed by atoms with E-state index in [1.807, 2.05) is 43.3 Å². The van der Waals surface area contributed by atoms with Gasteiger partial charge in [-0.1, -0.05) is 48.0 Å². The molecule has 1 heterocycles. The summed E-state index contributed by atoms with van der Waals surface area (Å²) >= 11 is 6.08. The van der Waals surface area contributed by atoms with Gasteiger partial charge in [-0.15, -0.1) is 0 Å². The lowest BCUT2D eigenvalue weighted by Gasteiger charge is -2.23. The van der Waals surface area contributed by atoms with Gasteiger partial charge in [-0.3, -0.25) is 4.79 Å². The monoisotopic (exact) mass is 454 g/mol. The lowest BCUT2D eigenvalue weighted by molar-refractivity contribution is 0.0981. The van der Waals surface area contributed by atoms with Crippen molar-refractivity contribution in [2.75, 3.05) is 4.90 Å². The maximum Gasteiger partial charge on any atom is 0.258 e. The van der Waals surface area contributed by atoms with Gasteiger partial charge in [0, 0.05) is 28.9 Å². The minimum Gasteiger partial charge on any atom is -0.305 e. The Labute approximate surface area is 187 Å². The molecule has 0 fully saturated rings. The average Bonchev–Trinajstić information content (AvgIpc) is 3.09. The normalized spacial score (nSPS) is 15.7. The Morgan fingerprint density at radius 2 is 1.84 bits per heavy atom. The number of carbonyl (C=O) groups excluding carboxylic acids is 1. The van der Waals surface area contributed by atoms with E-state index >= 15 is 0 Å². The fourth-order valence-electron chi connectivity index (χ4n) is 3.93. The van der Waals surface area contributed by atoms with Crippen molar-refractivity contribution < 1.29 is 13.2 Å². The number of nitrogens with zero attached hydrogens (tertiary/aromatic N) is 1. The molecule has 1 aliphatic rings. The third kappa shape index (κ3) is 4.24. The Morgan fingerprint density at radius 1 is 1.10 bits per heavy atom. The highest BCUT2D eigenvalue weighted by molar-refractivity contribution is 7.89. The minimum absolute atomic E-state index is 0.0313. The number of nitrogens with one attached hydrogen (secondary N) is 1. The van der Waals surface area contributed by atoms with E-state index in [0.717, 1.165) is 23.2 Å². The molecule has 7 heteroatoms. The Kier molecular flexibility index (Phi) is 5.88. The van der Waals surface area contributed by atoms with Crippen molar-refractivity contribution >= 4 is 33.2 Å². The van der Waals surface area contributed by atoms with Gasteiger partial charge in [-0.25, -0.2) is 13.1 Å². The summed E-state index contributed by atoms with van der Waals surface area (Å²) in [5.74, 6) is -0.0564. The molecule has 1 N–H and O–H groups in total. The van der Waals surface area contributed by atoms with E-state index in [-0.39, 0.29) is 23.4 Å². The summed E-state index contributed by atoms with van der Waals surface area (Å²) in [6, 6.07) is 19.8. The number of hydrogen-bond acceptors (Lipinski definition) is 3. The highest BCUT2D eigenvalue weighted by Gasteiger charge is 2.31. The predicted octanol–water partition coefficient (Wildman–Crippen LogP) is 4.72. The van der Waals surface area contributed by atoms with Crippen molar-refractivity contribution in [1.29, 1.82) is 0 Å². The Balaban J connectivity index is 1.58. The first-order valence-corrected chi connectivity index (χ1v) is 11.9. The zero-order chi connectivity index (χ0) is 22.2. The van der Waals surface area contributed by atoms with E-state index in [4.69, 9.17) is 11.6 Å². The molecule has 31 heavy (non-hydrogen) atoms. The maximum absolute atomic E-state index is 13.1. The lowest BCUT2D eigenvalue weighted by atomic mass is 10.1. The van der Waals surface area contributed by atoms with E-state index in [2.05, 4.69) is 4.72 Å². The summed E-state index contributed by atoms with van der Waals surface area (Å²) in [7, 11) is -3.72. The molecule has 1 unspecified atom stereocenters. The largest absolute Gasteiger partial charge is 0.305 e. The molecule has 0 aliphatic carbocycles. The first-order chi connectivity index (χ1) is 14.8. The summed E-state index contributed by atoms with van der Waals surface area (Å²) in [5.41, 5.74) is 3.83. The number of anilines is 1. The number of hydrogen-bond donors (Lipinski definition) is 1. The number of carbonyl (C=O) groups is 1. The van der Waals surface area contributed by atoms with Gasteiger partial charge >= 0.3 is 0 Å².